The minimum Gasteiger partial charge on any atom is -0.466 e. The fourth-order valence-corrected chi connectivity index (χ4v) is 26.8. The monoisotopic (exact) mass is 932 g/mol. The number of carbonyl (C=O) groups is 1. The fourth-order valence-electron chi connectivity index (χ4n) is 26.8. The van der Waals surface area contributed by atoms with Crippen LogP contribution in [-0.2, 0) is 20.4 Å². The number of rotatable bonds is 11. The van der Waals surface area contributed by atoms with E-state index < -0.39 is 0 Å². The predicted molar refractivity (Wildman–Crippen MR) is 316 cm³/mol. The number of benzene rings is 18. The van der Waals surface area contributed by atoms with Crippen LogP contribution in [0.1, 0.15) is 87.0 Å². The Kier molecular flexibility index (Phi) is 2.96. The molecule has 0 amide bonds. The summed E-state index contributed by atoms with van der Waals surface area (Å²) in [5.41, 5.74) is 7.33. The van der Waals surface area contributed by atoms with Crippen LogP contribution in [0, 0.1) is 5.92 Å². The highest BCUT2D eigenvalue weighted by molar-refractivity contribution is 6.82. The summed E-state index contributed by atoms with van der Waals surface area (Å²) in [4.78, 5) is 12.1. The highest BCUT2D eigenvalue weighted by Gasteiger charge is 2.85. The topological polar surface area (TPSA) is 26.3 Å². The Morgan fingerprint density at radius 2 is 0.440 bits per heavy atom. The van der Waals surface area contributed by atoms with Crippen LogP contribution in [0.25, 0.3) is 291 Å². The van der Waals surface area contributed by atoms with E-state index in [-0.39, 0.29) is 16.8 Å². The maximum absolute atomic E-state index is 12.1. The SMILES string of the molecule is CCOC(=O)CCCCCCCCCC1C23c4c5c6c7c8c9c(c%10c%11c2c2c4c4c%12c5c5c6c6c8c8c%13c9c9c%10c%10c%11c%11c2c2c4c4c%12c%12c5c5c6c8c6c8c%13c9c9c%10c%10c%11c2c2c4c4c%12c5c6c5c8c9c%10c2c45)C713. The molecule has 33 rings (SSSR count). The van der Waals surface area contributed by atoms with E-state index in [1.807, 2.05) is 29.2 Å². The minimum absolute atomic E-state index is 0.0271. The van der Waals surface area contributed by atoms with Gasteiger partial charge >= 0.3 is 5.97 Å². The average molecular weight is 933 g/mol. The molecule has 328 valence electrons. The van der Waals surface area contributed by atoms with E-state index in [0.29, 0.717) is 18.9 Å². The van der Waals surface area contributed by atoms with Crippen LogP contribution in [0.3, 0.4) is 0 Å². The second-order valence-electron chi connectivity index (χ2n) is 27.7. The molecule has 5 aliphatic rings. The standard InChI is InChI=1S/C73H24O2/c1-2-75-13(74)11-9-7-5-3-4-6-8-10-12-72-68-60-52-42-32-24-16-14-15-18-22-20(16)28-36-30(22)40-34-26(18)27-19(15)23-21-17(14)25(24)33-39-29(21)37-31(23)41-35(27)45-44(34)54-48(40)58-50(36)56(46(52)38(28)32)64(68)66(58)70-62(54)63-55(45)49(41)59-51(37)57-47(39)53(43(33)42)61(60)69(72)65(57)67(59)71(63)73(12,70)72/h12H,2-11H2,1H3. The molecule has 0 aromatic heterocycles. The van der Waals surface area contributed by atoms with Crippen molar-refractivity contribution < 1.29 is 9.53 Å². The molecule has 75 heavy (non-hydrogen) atoms. The molecule has 0 bridgehead atoms. The lowest BCUT2D eigenvalue weighted by Crippen LogP contribution is -2.27. The Morgan fingerprint density at radius 1 is 0.267 bits per heavy atom. The number of hydrogen-bond donors (Lipinski definition) is 0. The van der Waals surface area contributed by atoms with Gasteiger partial charge in [-0.1, -0.05) is 38.5 Å². The molecule has 1 saturated carbocycles. The molecule has 5 aliphatic carbocycles. The highest BCUT2D eigenvalue weighted by atomic mass is 16.5. The van der Waals surface area contributed by atoms with Crippen molar-refractivity contribution in [1.29, 1.82) is 0 Å². The maximum atomic E-state index is 12.1. The van der Waals surface area contributed by atoms with Gasteiger partial charge in [-0.3, -0.25) is 4.79 Å². The van der Waals surface area contributed by atoms with Gasteiger partial charge in [-0.25, -0.2) is 0 Å². The van der Waals surface area contributed by atoms with Crippen LogP contribution in [0.2, 0.25) is 0 Å². The molecule has 2 spiro atoms. The van der Waals surface area contributed by atoms with Crippen LogP contribution in [0.15, 0.2) is 0 Å². The Hall–Kier alpha value is -8.07. The molecule has 1 fully saturated rings. The van der Waals surface area contributed by atoms with Crippen LogP contribution >= 0.6 is 0 Å². The number of carbonyl (C=O) groups excluding carboxylic acids is 1. The van der Waals surface area contributed by atoms with E-state index in [0.717, 1.165) is 12.8 Å². The maximum Gasteiger partial charge on any atom is 0.305 e. The Labute approximate surface area is 414 Å². The van der Waals surface area contributed by atoms with Crippen LogP contribution in [0.5, 0.6) is 0 Å². The summed E-state index contributed by atoms with van der Waals surface area (Å²) in [5.74, 6) is 0.531. The first-order valence-electron chi connectivity index (χ1n) is 29.2. The third-order valence-electron chi connectivity index (χ3n) is 27.1. The van der Waals surface area contributed by atoms with E-state index in [1.54, 1.807) is 291 Å². The molecule has 0 radical (unpaired) electrons. The van der Waals surface area contributed by atoms with Crippen molar-refractivity contribution in [1.82, 2.24) is 0 Å². The first-order valence-corrected chi connectivity index (χ1v) is 29.2. The van der Waals surface area contributed by atoms with Gasteiger partial charge in [0.15, 0.2) is 0 Å². The Bertz CT molecular complexity index is 6690. The van der Waals surface area contributed by atoms with Gasteiger partial charge in [0.1, 0.15) is 0 Å². The van der Waals surface area contributed by atoms with Gasteiger partial charge in [-0.2, -0.15) is 0 Å². The number of esters is 1. The molecule has 0 heterocycles. The largest absolute Gasteiger partial charge is 0.466 e. The van der Waals surface area contributed by atoms with Gasteiger partial charge in [0.2, 0.25) is 0 Å². The molecule has 0 unspecified atom stereocenters. The molecule has 0 saturated heterocycles. The molecule has 2 nitrogen and oxygen atoms in total. The van der Waals surface area contributed by atoms with Gasteiger partial charge in [0, 0.05) is 17.3 Å². The van der Waals surface area contributed by atoms with E-state index in [2.05, 4.69) is 0 Å². The van der Waals surface area contributed by atoms with Crippen molar-refractivity contribution in [3.63, 3.8) is 0 Å². The van der Waals surface area contributed by atoms with Gasteiger partial charge in [-0.05, 0) is 339 Å². The molecule has 28 aromatic carbocycles. The molecular weight excluding hydrogens is 909 g/mol. The minimum atomic E-state index is -0.0362. The Balaban J connectivity index is 0.910. The zero-order valence-electron chi connectivity index (χ0n) is 40.0. The molecule has 0 N–H and O–H groups in total. The van der Waals surface area contributed by atoms with Crippen molar-refractivity contribution in [3.05, 3.63) is 22.3 Å². The molecular formula is C73H24O2. The van der Waals surface area contributed by atoms with Gasteiger partial charge in [-0.15, -0.1) is 0 Å². The lowest BCUT2D eigenvalue weighted by atomic mass is 9.68. The lowest BCUT2D eigenvalue weighted by molar-refractivity contribution is -0.143. The van der Waals surface area contributed by atoms with E-state index >= 15 is 0 Å². The molecule has 2 heteroatoms. The van der Waals surface area contributed by atoms with Gasteiger partial charge in [0.25, 0.3) is 0 Å². The molecule has 0 aliphatic heterocycles. The summed E-state index contributed by atoms with van der Waals surface area (Å²) >= 11 is 0. The Morgan fingerprint density at radius 3 is 0.640 bits per heavy atom. The smallest absolute Gasteiger partial charge is 0.305 e. The van der Waals surface area contributed by atoms with Crippen molar-refractivity contribution in [2.45, 2.75) is 75.5 Å². The van der Waals surface area contributed by atoms with Crippen LogP contribution in [0.4, 0.5) is 0 Å². The zero-order valence-corrected chi connectivity index (χ0v) is 40.0. The van der Waals surface area contributed by atoms with Gasteiger partial charge < -0.3 is 4.74 Å². The third kappa shape index (κ3) is 1.77. The highest BCUT2D eigenvalue weighted by Crippen LogP contribution is 2.93. The van der Waals surface area contributed by atoms with Crippen molar-refractivity contribution in [2.24, 2.45) is 5.92 Å². The van der Waals surface area contributed by atoms with Crippen molar-refractivity contribution >= 4 is 297 Å². The molecule has 28 aromatic rings. The van der Waals surface area contributed by atoms with Crippen LogP contribution in [-0.4, -0.2) is 12.6 Å². The number of ether oxygens (including phenoxy) is 1. The number of hydrogen-bond acceptors (Lipinski definition) is 2. The van der Waals surface area contributed by atoms with Gasteiger partial charge in [0.05, 0.1) is 6.61 Å². The summed E-state index contributed by atoms with van der Waals surface area (Å²) in [6, 6.07) is 0. The average Bonchev–Trinajstić information content (AvgIpc) is 1.81. The quantitative estimate of drug-likeness (QED) is 0.0734. The first kappa shape index (κ1) is 30.3. The summed E-state index contributed by atoms with van der Waals surface area (Å²) < 4.78 is 5.26. The zero-order chi connectivity index (χ0) is 45.4. The van der Waals surface area contributed by atoms with E-state index in [9.17, 15) is 4.79 Å². The van der Waals surface area contributed by atoms with Crippen molar-refractivity contribution in [2.75, 3.05) is 6.61 Å². The summed E-state index contributed by atoms with van der Waals surface area (Å²) in [6.45, 7) is 2.40. The summed E-state index contributed by atoms with van der Waals surface area (Å²) in [6.07, 6.45) is 10.4. The normalized spacial score (nSPS) is 22.5. The second kappa shape index (κ2) is 7.32. The first-order chi connectivity index (χ1) is 37.3. The predicted octanol–water partition coefficient (Wildman–Crippen LogP) is 20.0. The summed E-state index contributed by atoms with van der Waals surface area (Å²) in [7, 11) is 0. The van der Waals surface area contributed by atoms with Crippen molar-refractivity contribution in [3.8, 4) is 0 Å². The van der Waals surface area contributed by atoms with Crippen LogP contribution < -0.4 is 0 Å². The second-order valence-corrected chi connectivity index (χ2v) is 27.7. The van der Waals surface area contributed by atoms with E-state index in [1.165, 1.54) is 38.5 Å². The molecule has 0 atom stereocenters. The summed E-state index contributed by atoms with van der Waals surface area (Å²) in [5, 5.41) is 91.7. The van der Waals surface area contributed by atoms with E-state index in [4.69, 9.17) is 4.74 Å². The lowest BCUT2D eigenvalue weighted by Gasteiger charge is -2.33. The number of unbranched alkanes of at least 4 members (excludes halogenated alkanes) is 6. The fraction of sp³-hybridized carbons (Fsp3) is 0.192. The third-order valence-corrected chi connectivity index (χ3v) is 27.1.